The number of amides is 1. The van der Waals surface area contributed by atoms with Gasteiger partial charge in [-0.1, -0.05) is 24.8 Å². The molecule has 160 valence electrons. The number of fused-ring (bicyclic) bond motifs is 1. The van der Waals surface area contributed by atoms with Crippen LogP contribution in [0.2, 0.25) is 0 Å². The van der Waals surface area contributed by atoms with Crippen molar-refractivity contribution in [1.29, 1.82) is 0 Å². The Hall–Kier alpha value is -4.52. The van der Waals surface area contributed by atoms with E-state index < -0.39 is 5.63 Å². The maximum absolute atomic E-state index is 12.5. The Kier molecular flexibility index (Phi) is 5.89. The first-order valence-electron chi connectivity index (χ1n) is 9.73. The third-order valence-corrected chi connectivity index (χ3v) is 4.64. The molecular formula is C25H20N2O5. The lowest BCUT2D eigenvalue weighted by atomic mass is 10.0. The number of methoxy groups -OCH3 is 1. The number of para-hydroxylation sites is 1. The number of benzene rings is 2. The molecule has 0 aliphatic rings. The number of anilines is 1. The molecule has 0 saturated carbocycles. The number of carbonyl (C=O) groups excluding carboxylic acids is 1. The number of carbonyl (C=O) groups is 1. The minimum atomic E-state index is -0.456. The summed E-state index contributed by atoms with van der Waals surface area (Å²) in [6.07, 6.45) is 4.42. The van der Waals surface area contributed by atoms with Gasteiger partial charge in [-0.2, -0.15) is 0 Å². The molecule has 2 N–H and O–H groups in total. The zero-order valence-electron chi connectivity index (χ0n) is 17.3. The van der Waals surface area contributed by atoms with E-state index in [2.05, 4.69) is 17.2 Å². The Morgan fingerprint density at radius 3 is 2.69 bits per heavy atom. The molecule has 1 amide bonds. The van der Waals surface area contributed by atoms with Crippen molar-refractivity contribution >= 4 is 28.6 Å². The summed E-state index contributed by atoms with van der Waals surface area (Å²) >= 11 is 0. The Bertz CT molecular complexity index is 1370. The smallest absolute Gasteiger partial charge is 0.344 e. The van der Waals surface area contributed by atoms with E-state index in [0.29, 0.717) is 33.9 Å². The van der Waals surface area contributed by atoms with Crippen molar-refractivity contribution in [3.8, 4) is 16.9 Å². The van der Waals surface area contributed by atoms with Gasteiger partial charge in [-0.3, -0.25) is 4.79 Å². The maximum Gasteiger partial charge on any atom is 0.344 e. The molecule has 7 nitrogen and oxygen atoms in total. The summed E-state index contributed by atoms with van der Waals surface area (Å²) in [5.41, 5.74) is 1.67. The van der Waals surface area contributed by atoms with Crippen molar-refractivity contribution in [2.45, 2.75) is 0 Å². The highest BCUT2D eigenvalue weighted by atomic mass is 16.5. The molecule has 0 atom stereocenters. The normalized spacial score (nSPS) is 10.9. The number of hydrogen-bond acceptors (Lipinski definition) is 6. The third kappa shape index (κ3) is 4.62. The monoisotopic (exact) mass is 428 g/mol. The standard InChI is InChI=1S/C25H20N2O5/c1-16(27-24(28)12-10-19-7-5-13-31-19)26-18-9-11-20(23(15-18)30-2)21-14-17-6-3-4-8-22(17)32-25(21)29/h3-15,26H,1H2,2H3,(H,27,28)/b12-10+. The predicted octanol–water partition coefficient (Wildman–Crippen LogP) is 4.77. The van der Waals surface area contributed by atoms with Crippen molar-refractivity contribution in [2.24, 2.45) is 0 Å². The lowest BCUT2D eigenvalue weighted by Gasteiger charge is -2.13. The molecule has 0 fully saturated rings. The number of nitrogens with one attached hydrogen (secondary N) is 2. The van der Waals surface area contributed by atoms with Gasteiger partial charge in [0.25, 0.3) is 0 Å². The van der Waals surface area contributed by atoms with Gasteiger partial charge in [-0.25, -0.2) is 4.79 Å². The van der Waals surface area contributed by atoms with E-state index in [-0.39, 0.29) is 11.7 Å². The molecule has 0 bridgehead atoms. The Balaban J connectivity index is 1.51. The summed E-state index contributed by atoms with van der Waals surface area (Å²) in [5.74, 6) is 0.946. The average molecular weight is 428 g/mol. The Labute approximate surface area is 183 Å². The molecule has 4 aromatic rings. The van der Waals surface area contributed by atoms with Crippen molar-refractivity contribution in [3.05, 3.63) is 102 Å². The summed E-state index contributed by atoms with van der Waals surface area (Å²) < 4.78 is 16.1. The zero-order chi connectivity index (χ0) is 22.5. The summed E-state index contributed by atoms with van der Waals surface area (Å²) in [7, 11) is 1.52. The zero-order valence-corrected chi connectivity index (χ0v) is 17.3. The molecule has 32 heavy (non-hydrogen) atoms. The van der Waals surface area contributed by atoms with Crippen LogP contribution in [0.4, 0.5) is 5.69 Å². The average Bonchev–Trinajstić information content (AvgIpc) is 3.31. The first-order valence-corrected chi connectivity index (χ1v) is 9.73. The van der Waals surface area contributed by atoms with E-state index in [1.165, 1.54) is 19.4 Å². The van der Waals surface area contributed by atoms with Crippen molar-refractivity contribution in [2.75, 3.05) is 12.4 Å². The largest absolute Gasteiger partial charge is 0.496 e. The second-order valence-electron chi connectivity index (χ2n) is 6.84. The summed E-state index contributed by atoms with van der Waals surface area (Å²) in [5, 5.41) is 6.43. The molecule has 4 rings (SSSR count). The van der Waals surface area contributed by atoms with E-state index in [1.807, 2.05) is 18.2 Å². The fourth-order valence-electron chi connectivity index (χ4n) is 3.18. The molecule has 0 unspecified atom stereocenters. The van der Waals surface area contributed by atoms with Crippen LogP contribution in [0.5, 0.6) is 5.75 Å². The molecular weight excluding hydrogens is 408 g/mol. The minimum Gasteiger partial charge on any atom is -0.496 e. The van der Waals surface area contributed by atoms with Gasteiger partial charge < -0.3 is 24.2 Å². The molecule has 0 radical (unpaired) electrons. The van der Waals surface area contributed by atoms with Crippen LogP contribution < -0.4 is 21.0 Å². The molecule has 2 heterocycles. The van der Waals surface area contributed by atoms with Gasteiger partial charge in [0.1, 0.15) is 22.9 Å². The first-order chi connectivity index (χ1) is 15.5. The van der Waals surface area contributed by atoms with Gasteiger partial charge in [-0.05, 0) is 42.5 Å². The fraction of sp³-hybridized carbons (Fsp3) is 0.0400. The van der Waals surface area contributed by atoms with Crippen LogP contribution in [0.3, 0.4) is 0 Å². The highest BCUT2D eigenvalue weighted by Gasteiger charge is 2.13. The van der Waals surface area contributed by atoms with Gasteiger partial charge in [-0.15, -0.1) is 0 Å². The van der Waals surface area contributed by atoms with Crippen LogP contribution in [0.25, 0.3) is 28.2 Å². The molecule has 2 aromatic heterocycles. The minimum absolute atomic E-state index is 0.277. The number of ether oxygens (including phenoxy) is 1. The van der Waals surface area contributed by atoms with E-state index in [1.54, 1.807) is 48.5 Å². The van der Waals surface area contributed by atoms with Crippen LogP contribution in [0.15, 0.2) is 99.0 Å². The second kappa shape index (κ2) is 9.09. The number of hydrogen-bond donors (Lipinski definition) is 2. The number of rotatable bonds is 7. The molecule has 0 spiro atoms. The van der Waals surface area contributed by atoms with E-state index >= 15 is 0 Å². The van der Waals surface area contributed by atoms with E-state index in [4.69, 9.17) is 13.6 Å². The lowest BCUT2D eigenvalue weighted by molar-refractivity contribution is -0.115. The van der Waals surface area contributed by atoms with Gasteiger partial charge >= 0.3 is 5.63 Å². The summed E-state index contributed by atoms with van der Waals surface area (Å²) in [4.78, 5) is 24.6. The van der Waals surface area contributed by atoms with Crippen LogP contribution in [0.1, 0.15) is 5.76 Å². The highest BCUT2D eigenvalue weighted by molar-refractivity contribution is 5.92. The number of furan rings is 1. The van der Waals surface area contributed by atoms with Gasteiger partial charge in [0.05, 0.1) is 18.9 Å². The second-order valence-corrected chi connectivity index (χ2v) is 6.84. The van der Waals surface area contributed by atoms with Crippen molar-refractivity contribution < 1.29 is 18.4 Å². The van der Waals surface area contributed by atoms with Crippen LogP contribution in [-0.4, -0.2) is 13.0 Å². The van der Waals surface area contributed by atoms with E-state index in [9.17, 15) is 9.59 Å². The molecule has 7 heteroatoms. The maximum atomic E-state index is 12.5. The topological polar surface area (TPSA) is 93.7 Å². The quantitative estimate of drug-likeness (QED) is 0.325. The van der Waals surface area contributed by atoms with Crippen LogP contribution in [0, 0.1) is 0 Å². The van der Waals surface area contributed by atoms with Crippen molar-refractivity contribution in [3.63, 3.8) is 0 Å². The van der Waals surface area contributed by atoms with Gasteiger partial charge in [0.15, 0.2) is 0 Å². The van der Waals surface area contributed by atoms with Crippen molar-refractivity contribution in [1.82, 2.24) is 5.32 Å². The Morgan fingerprint density at radius 1 is 1.06 bits per heavy atom. The van der Waals surface area contributed by atoms with Crippen LogP contribution >= 0.6 is 0 Å². The third-order valence-electron chi connectivity index (χ3n) is 4.64. The molecule has 0 saturated heterocycles. The first kappa shape index (κ1) is 20.7. The summed E-state index contributed by atoms with van der Waals surface area (Å²) in [6.45, 7) is 3.81. The molecule has 2 aromatic carbocycles. The molecule has 0 aliphatic carbocycles. The molecule has 0 aliphatic heterocycles. The van der Waals surface area contributed by atoms with Gasteiger partial charge in [0, 0.05) is 28.8 Å². The Morgan fingerprint density at radius 2 is 1.91 bits per heavy atom. The lowest BCUT2D eigenvalue weighted by Crippen LogP contribution is -2.24. The fourth-order valence-corrected chi connectivity index (χ4v) is 3.18. The SMILES string of the molecule is C=C(NC(=O)/C=C/c1ccco1)Nc1ccc(-c2cc3ccccc3oc2=O)c(OC)c1. The predicted molar refractivity (Wildman–Crippen MR) is 123 cm³/mol. The summed E-state index contributed by atoms with van der Waals surface area (Å²) in [6, 6.07) is 17.8. The van der Waals surface area contributed by atoms with Gasteiger partial charge in [0.2, 0.25) is 5.91 Å². The highest BCUT2D eigenvalue weighted by Crippen LogP contribution is 2.32. The van der Waals surface area contributed by atoms with Crippen LogP contribution in [-0.2, 0) is 4.79 Å². The van der Waals surface area contributed by atoms with E-state index in [0.717, 1.165) is 5.39 Å².